The van der Waals surface area contributed by atoms with E-state index in [9.17, 15) is 4.79 Å². The first-order chi connectivity index (χ1) is 11.1. The number of nitrogens with one attached hydrogen (secondary N) is 1. The van der Waals surface area contributed by atoms with Crippen LogP contribution in [0.15, 0.2) is 41.8 Å². The number of hydrogen-bond acceptors (Lipinski definition) is 5. The maximum atomic E-state index is 12.1. The number of benzene rings is 1. The van der Waals surface area contributed by atoms with E-state index in [0.717, 1.165) is 10.4 Å². The summed E-state index contributed by atoms with van der Waals surface area (Å²) >= 11 is 1.62. The van der Waals surface area contributed by atoms with Crippen molar-refractivity contribution in [3.63, 3.8) is 0 Å². The van der Waals surface area contributed by atoms with Crippen molar-refractivity contribution in [3.8, 4) is 11.4 Å². The van der Waals surface area contributed by atoms with E-state index >= 15 is 0 Å². The van der Waals surface area contributed by atoms with Gasteiger partial charge in [0.25, 0.3) is 0 Å². The number of hydrogen-bond donors (Lipinski definition) is 1. The molecule has 1 N–H and O–H groups in total. The fourth-order valence-corrected chi connectivity index (χ4v) is 2.89. The maximum Gasteiger partial charge on any atom is 0.244 e. The summed E-state index contributed by atoms with van der Waals surface area (Å²) in [6, 6.07) is 11.8. The normalized spacial score (nSPS) is 12.1. The number of tetrazole rings is 1. The summed E-state index contributed by atoms with van der Waals surface area (Å²) in [7, 11) is 0. The van der Waals surface area contributed by atoms with E-state index < -0.39 is 0 Å². The zero-order chi connectivity index (χ0) is 16.2. The second-order valence-electron chi connectivity index (χ2n) is 5.31. The molecule has 0 aliphatic rings. The number of aromatic nitrogens is 4. The molecule has 0 radical (unpaired) electrons. The first kappa shape index (κ1) is 15.4. The van der Waals surface area contributed by atoms with Crippen molar-refractivity contribution >= 4 is 17.2 Å². The lowest BCUT2D eigenvalue weighted by Crippen LogP contribution is -2.30. The minimum atomic E-state index is -0.140. The first-order valence-electron chi connectivity index (χ1n) is 7.29. The van der Waals surface area contributed by atoms with Crippen molar-refractivity contribution in [2.75, 3.05) is 0 Å². The lowest BCUT2D eigenvalue weighted by molar-refractivity contribution is -0.122. The molecule has 3 aromatic rings. The molecule has 0 fully saturated rings. The Kier molecular flexibility index (Phi) is 4.47. The molecule has 1 atom stereocenters. The summed E-state index contributed by atoms with van der Waals surface area (Å²) < 4.78 is 0. The molecule has 2 heterocycles. The minimum Gasteiger partial charge on any atom is -0.347 e. The van der Waals surface area contributed by atoms with Crippen LogP contribution in [0.5, 0.6) is 0 Å². The van der Waals surface area contributed by atoms with Gasteiger partial charge < -0.3 is 5.32 Å². The lowest BCUT2D eigenvalue weighted by Gasteiger charge is -2.11. The standard InChI is InChI=1S/C16H17N5OS/c1-11-5-7-13(8-6-11)16-18-20-21(19-16)10-15(22)17-12(2)14-4-3-9-23-14/h3-9,12H,10H2,1-2H3,(H,17,22)/t12-/m0/s1. The highest BCUT2D eigenvalue weighted by Gasteiger charge is 2.13. The molecule has 3 rings (SSSR count). The number of carbonyl (C=O) groups excluding carboxylic acids is 1. The van der Waals surface area contributed by atoms with E-state index in [1.807, 2.05) is 55.6 Å². The van der Waals surface area contributed by atoms with Gasteiger partial charge in [-0.05, 0) is 30.5 Å². The summed E-state index contributed by atoms with van der Waals surface area (Å²) in [5.41, 5.74) is 2.05. The maximum absolute atomic E-state index is 12.1. The molecule has 0 aliphatic heterocycles. The second kappa shape index (κ2) is 6.70. The Morgan fingerprint density at radius 1 is 1.30 bits per heavy atom. The zero-order valence-electron chi connectivity index (χ0n) is 12.9. The van der Waals surface area contributed by atoms with Gasteiger partial charge in [-0.3, -0.25) is 4.79 Å². The summed E-state index contributed by atoms with van der Waals surface area (Å²) in [5, 5.41) is 17.1. The molecule has 0 spiro atoms. The van der Waals surface area contributed by atoms with E-state index in [4.69, 9.17) is 0 Å². The molecule has 7 heteroatoms. The van der Waals surface area contributed by atoms with Crippen LogP contribution in [0.1, 0.15) is 23.4 Å². The van der Waals surface area contributed by atoms with Crippen LogP contribution in [0.3, 0.4) is 0 Å². The van der Waals surface area contributed by atoms with Gasteiger partial charge in [-0.15, -0.1) is 21.5 Å². The van der Waals surface area contributed by atoms with E-state index in [0.29, 0.717) is 5.82 Å². The van der Waals surface area contributed by atoms with Crippen molar-refractivity contribution in [3.05, 3.63) is 52.2 Å². The topological polar surface area (TPSA) is 72.7 Å². The molecule has 1 aromatic carbocycles. The van der Waals surface area contributed by atoms with Gasteiger partial charge >= 0.3 is 0 Å². The molecular formula is C16H17N5OS. The van der Waals surface area contributed by atoms with E-state index in [-0.39, 0.29) is 18.5 Å². The van der Waals surface area contributed by atoms with E-state index in [2.05, 4.69) is 20.7 Å². The van der Waals surface area contributed by atoms with Gasteiger partial charge in [0.2, 0.25) is 11.7 Å². The quantitative estimate of drug-likeness (QED) is 0.782. The molecule has 6 nitrogen and oxygen atoms in total. The van der Waals surface area contributed by atoms with Gasteiger partial charge in [0.1, 0.15) is 6.54 Å². The molecule has 0 saturated heterocycles. The van der Waals surface area contributed by atoms with Crippen LogP contribution in [0.4, 0.5) is 0 Å². The third-order valence-corrected chi connectivity index (χ3v) is 4.45. The molecule has 0 aliphatic carbocycles. The van der Waals surface area contributed by atoms with Crippen molar-refractivity contribution < 1.29 is 4.79 Å². The highest BCUT2D eigenvalue weighted by atomic mass is 32.1. The highest BCUT2D eigenvalue weighted by molar-refractivity contribution is 7.10. The predicted octanol–water partition coefficient (Wildman–Crippen LogP) is 2.59. The van der Waals surface area contributed by atoms with Gasteiger partial charge in [-0.25, -0.2) is 0 Å². The third-order valence-electron chi connectivity index (χ3n) is 3.40. The number of amides is 1. The highest BCUT2D eigenvalue weighted by Crippen LogP contribution is 2.18. The average Bonchev–Trinajstić information content (AvgIpc) is 3.19. The second-order valence-corrected chi connectivity index (χ2v) is 6.29. The number of thiophene rings is 1. The molecule has 2 aromatic heterocycles. The smallest absolute Gasteiger partial charge is 0.244 e. The Labute approximate surface area is 138 Å². The number of rotatable bonds is 5. The third kappa shape index (κ3) is 3.81. The fraction of sp³-hybridized carbons (Fsp3) is 0.250. The first-order valence-corrected chi connectivity index (χ1v) is 8.17. The summed E-state index contributed by atoms with van der Waals surface area (Å²) in [6.45, 7) is 4.03. The largest absolute Gasteiger partial charge is 0.347 e. The van der Waals surface area contributed by atoms with Gasteiger partial charge in [-0.2, -0.15) is 4.80 Å². The van der Waals surface area contributed by atoms with Crippen molar-refractivity contribution in [2.24, 2.45) is 0 Å². The summed E-state index contributed by atoms with van der Waals surface area (Å²) in [5.74, 6) is 0.378. The molecule has 0 bridgehead atoms. The van der Waals surface area contributed by atoms with Gasteiger partial charge in [-0.1, -0.05) is 35.9 Å². The van der Waals surface area contributed by atoms with Crippen molar-refractivity contribution in [1.82, 2.24) is 25.5 Å². The van der Waals surface area contributed by atoms with Crippen LogP contribution in [-0.2, 0) is 11.3 Å². The number of carbonyl (C=O) groups is 1. The Morgan fingerprint density at radius 3 is 2.78 bits per heavy atom. The van der Waals surface area contributed by atoms with Crippen molar-refractivity contribution in [1.29, 1.82) is 0 Å². The Morgan fingerprint density at radius 2 is 2.09 bits per heavy atom. The lowest BCUT2D eigenvalue weighted by atomic mass is 10.1. The van der Waals surface area contributed by atoms with Crippen LogP contribution >= 0.6 is 11.3 Å². The number of nitrogens with zero attached hydrogens (tertiary/aromatic N) is 4. The minimum absolute atomic E-state index is 0.0254. The van der Waals surface area contributed by atoms with Gasteiger partial charge in [0.05, 0.1) is 6.04 Å². The van der Waals surface area contributed by atoms with Gasteiger partial charge in [0, 0.05) is 10.4 Å². The Hall–Kier alpha value is -2.54. The van der Waals surface area contributed by atoms with E-state index in [1.165, 1.54) is 10.4 Å². The van der Waals surface area contributed by atoms with Crippen LogP contribution in [0.2, 0.25) is 0 Å². The molecule has 23 heavy (non-hydrogen) atoms. The van der Waals surface area contributed by atoms with Crippen molar-refractivity contribution in [2.45, 2.75) is 26.4 Å². The zero-order valence-corrected chi connectivity index (χ0v) is 13.7. The molecule has 0 saturated carbocycles. The average molecular weight is 327 g/mol. The van der Waals surface area contributed by atoms with Crippen LogP contribution in [0.25, 0.3) is 11.4 Å². The van der Waals surface area contributed by atoms with Gasteiger partial charge in [0.15, 0.2) is 0 Å². The van der Waals surface area contributed by atoms with Crippen LogP contribution < -0.4 is 5.32 Å². The Bertz CT molecular complexity index is 779. The fourth-order valence-electron chi connectivity index (χ4n) is 2.15. The van der Waals surface area contributed by atoms with E-state index in [1.54, 1.807) is 11.3 Å². The summed E-state index contributed by atoms with van der Waals surface area (Å²) in [6.07, 6.45) is 0. The SMILES string of the molecule is Cc1ccc(-c2nnn(CC(=O)N[C@@H](C)c3cccs3)n2)cc1. The van der Waals surface area contributed by atoms with Crippen LogP contribution in [-0.4, -0.2) is 26.1 Å². The molecule has 0 unspecified atom stereocenters. The summed E-state index contributed by atoms with van der Waals surface area (Å²) in [4.78, 5) is 14.5. The molecule has 1 amide bonds. The molecule has 118 valence electrons. The Balaban J connectivity index is 1.62. The molecular weight excluding hydrogens is 310 g/mol. The number of aryl methyl sites for hydroxylation is 1. The predicted molar refractivity (Wildman–Crippen MR) is 88.9 cm³/mol. The monoisotopic (exact) mass is 327 g/mol. The van der Waals surface area contributed by atoms with Crippen LogP contribution in [0, 0.1) is 6.92 Å².